The van der Waals surface area contributed by atoms with Crippen LogP contribution in [-0.2, 0) is 14.3 Å². The first-order valence-electron chi connectivity index (χ1n) is 10.9. The van der Waals surface area contributed by atoms with Gasteiger partial charge in [-0.05, 0) is 24.6 Å². The molecule has 2 amide bonds. The smallest absolute Gasteiger partial charge is 0.334 e. The standard InChI is InChI=1S/C27H23N3O5/c1-18-17-22(30-35-18)28-26(32)24(20-13-7-3-8-14-20)34-27(33)23(19-11-5-2-6-12-19)29-25(31)21-15-9-4-10-16-21/h2-17,23-24H,1H3,(H,29,31)(H,28,30,32)/t23-,24-/m1/s1. The molecular formula is C27H23N3O5. The van der Waals surface area contributed by atoms with E-state index in [9.17, 15) is 14.4 Å². The van der Waals surface area contributed by atoms with Crippen LogP contribution in [0, 0.1) is 6.92 Å². The van der Waals surface area contributed by atoms with Crippen LogP contribution in [0.25, 0.3) is 0 Å². The van der Waals surface area contributed by atoms with Crippen molar-refractivity contribution in [1.82, 2.24) is 10.5 Å². The first kappa shape index (κ1) is 23.4. The van der Waals surface area contributed by atoms with Crippen molar-refractivity contribution in [3.8, 4) is 0 Å². The Morgan fingerprint density at radius 3 is 1.97 bits per heavy atom. The number of carbonyl (C=O) groups excluding carboxylic acids is 3. The van der Waals surface area contributed by atoms with Gasteiger partial charge in [0.15, 0.2) is 11.9 Å². The first-order valence-corrected chi connectivity index (χ1v) is 10.9. The van der Waals surface area contributed by atoms with Gasteiger partial charge in [0.2, 0.25) is 6.10 Å². The minimum atomic E-state index is -1.29. The monoisotopic (exact) mass is 469 g/mol. The van der Waals surface area contributed by atoms with Crippen LogP contribution in [0.15, 0.2) is 102 Å². The van der Waals surface area contributed by atoms with Gasteiger partial charge in [-0.15, -0.1) is 0 Å². The third-order valence-corrected chi connectivity index (χ3v) is 5.13. The Kier molecular flexibility index (Phi) is 7.32. The molecule has 2 atom stereocenters. The van der Waals surface area contributed by atoms with Crippen molar-refractivity contribution >= 4 is 23.6 Å². The Bertz CT molecular complexity index is 1290. The number of nitrogens with one attached hydrogen (secondary N) is 2. The number of anilines is 1. The summed E-state index contributed by atoms with van der Waals surface area (Å²) in [6.07, 6.45) is -1.29. The van der Waals surface area contributed by atoms with E-state index in [1.54, 1.807) is 104 Å². The van der Waals surface area contributed by atoms with Gasteiger partial charge in [-0.1, -0.05) is 84.0 Å². The van der Waals surface area contributed by atoms with E-state index in [0.29, 0.717) is 22.5 Å². The van der Waals surface area contributed by atoms with Gasteiger partial charge >= 0.3 is 5.97 Å². The second-order valence-electron chi connectivity index (χ2n) is 7.72. The summed E-state index contributed by atoms with van der Waals surface area (Å²) < 4.78 is 10.7. The quantitative estimate of drug-likeness (QED) is 0.371. The summed E-state index contributed by atoms with van der Waals surface area (Å²) in [4.78, 5) is 39.4. The van der Waals surface area contributed by atoms with Crippen LogP contribution in [0.2, 0.25) is 0 Å². The van der Waals surface area contributed by atoms with E-state index in [1.807, 2.05) is 0 Å². The van der Waals surface area contributed by atoms with Gasteiger partial charge in [0.1, 0.15) is 5.76 Å². The summed E-state index contributed by atoms with van der Waals surface area (Å²) in [5.74, 6) is -1.14. The third-order valence-electron chi connectivity index (χ3n) is 5.13. The number of hydrogen-bond acceptors (Lipinski definition) is 6. The molecular weight excluding hydrogens is 446 g/mol. The Morgan fingerprint density at radius 2 is 1.40 bits per heavy atom. The van der Waals surface area contributed by atoms with E-state index in [2.05, 4.69) is 15.8 Å². The molecule has 4 aromatic rings. The maximum atomic E-state index is 13.4. The van der Waals surface area contributed by atoms with E-state index >= 15 is 0 Å². The van der Waals surface area contributed by atoms with Crippen LogP contribution < -0.4 is 10.6 Å². The molecule has 35 heavy (non-hydrogen) atoms. The molecule has 1 heterocycles. The predicted molar refractivity (Wildman–Crippen MR) is 128 cm³/mol. The lowest BCUT2D eigenvalue weighted by Crippen LogP contribution is -2.37. The maximum absolute atomic E-state index is 13.4. The zero-order valence-corrected chi connectivity index (χ0v) is 18.9. The largest absolute Gasteiger partial charge is 0.445 e. The highest BCUT2D eigenvalue weighted by atomic mass is 16.5. The molecule has 0 unspecified atom stereocenters. The van der Waals surface area contributed by atoms with Gasteiger partial charge in [-0.3, -0.25) is 9.59 Å². The minimum Gasteiger partial charge on any atom is -0.445 e. The maximum Gasteiger partial charge on any atom is 0.334 e. The number of rotatable bonds is 8. The molecule has 0 aliphatic carbocycles. The number of benzene rings is 3. The van der Waals surface area contributed by atoms with Gasteiger partial charge in [0.25, 0.3) is 11.8 Å². The second kappa shape index (κ2) is 10.9. The molecule has 0 fully saturated rings. The van der Waals surface area contributed by atoms with Crippen LogP contribution in [0.4, 0.5) is 5.82 Å². The van der Waals surface area contributed by atoms with Crippen LogP contribution >= 0.6 is 0 Å². The number of nitrogens with zero attached hydrogens (tertiary/aromatic N) is 1. The first-order chi connectivity index (χ1) is 17.0. The molecule has 4 rings (SSSR count). The van der Waals surface area contributed by atoms with Crippen molar-refractivity contribution in [2.24, 2.45) is 0 Å². The molecule has 0 aliphatic rings. The molecule has 8 nitrogen and oxygen atoms in total. The SMILES string of the molecule is Cc1cc(NC(=O)[C@H](OC(=O)[C@H](NC(=O)c2ccccc2)c2ccccc2)c2ccccc2)no1. The molecule has 0 saturated heterocycles. The van der Waals surface area contributed by atoms with Crippen LogP contribution in [0.3, 0.4) is 0 Å². The van der Waals surface area contributed by atoms with Crippen molar-refractivity contribution in [3.05, 3.63) is 120 Å². The Hall–Kier alpha value is -4.72. The molecule has 3 aromatic carbocycles. The highest BCUT2D eigenvalue weighted by Gasteiger charge is 2.31. The number of aromatic nitrogens is 1. The van der Waals surface area contributed by atoms with Crippen molar-refractivity contribution in [2.75, 3.05) is 5.32 Å². The summed E-state index contributed by atoms with van der Waals surface area (Å²) in [5.41, 5.74) is 1.36. The molecule has 1 aromatic heterocycles. The van der Waals surface area contributed by atoms with E-state index in [4.69, 9.17) is 9.26 Å². The average Bonchev–Trinajstić information content (AvgIpc) is 3.31. The van der Waals surface area contributed by atoms with E-state index in [1.165, 1.54) is 0 Å². The average molecular weight is 469 g/mol. The molecule has 0 bridgehead atoms. The lowest BCUT2D eigenvalue weighted by Gasteiger charge is -2.22. The van der Waals surface area contributed by atoms with Gasteiger partial charge in [0, 0.05) is 17.2 Å². The second-order valence-corrected chi connectivity index (χ2v) is 7.72. The Balaban J connectivity index is 1.60. The number of hydrogen-bond donors (Lipinski definition) is 2. The molecule has 2 N–H and O–H groups in total. The molecule has 0 spiro atoms. The Labute approximate surface area is 201 Å². The zero-order valence-electron chi connectivity index (χ0n) is 18.9. The van der Waals surface area contributed by atoms with E-state index in [-0.39, 0.29) is 5.82 Å². The zero-order chi connectivity index (χ0) is 24.6. The van der Waals surface area contributed by atoms with Crippen molar-refractivity contribution in [1.29, 1.82) is 0 Å². The minimum absolute atomic E-state index is 0.196. The number of carbonyl (C=O) groups is 3. The summed E-state index contributed by atoms with van der Waals surface area (Å²) in [6.45, 7) is 1.69. The highest BCUT2D eigenvalue weighted by Crippen LogP contribution is 2.24. The van der Waals surface area contributed by atoms with Gasteiger partial charge in [0.05, 0.1) is 0 Å². The summed E-state index contributed by atoms with van der Waals surface area (Å²) in [7, 11) is 0. The molecule has 176 valence electrons. The normalized spacial score (nSPS) is 12.3. The fourth-order valence-corrected chi connectivity index (χ4v) is 3.43. The topological polar surface area (TPSA) is 111 Å². The number of esters is 1. The van der Waals surface area contributed by atoms with Crippen LogP contribution in [0.5, 0.6) is 0 Å². The molecule has 0 radical (unpaired) electrons. The lowest BCUT2D eigenvalue weighted by molar-refractivity contribution is -0.156. The van der Waals surface area contributed by atoms with Crippen molar-refractivity contribution < 1.29 is 23.6 Å². The van der Waals surface area contributed by atoms with Crippen molar-refractivity contribution in [3.63, 3.8) is 0 Å². The number of amides is 2. The lowest BCUT2D eigenvalue weighted by atomic mass is 10.1. The van der Waals surface area contributed by atoms with Crippen LogP contribution in [-0.4, -0.2) is 22.9 Å². The summed E-state index contributed by atoms with van der Waals surface area (Å²) >= 11 is 0. The van der Waals surface area contributed by atoms with E-state index in [0.717, 1.165) is 0 Å². The third kappa shape index (κ3) is 6.00. The number of ether oxygens (including phenoxy) is 1. The van der Waals surface area contributed by atoms with Gasteiger partial charge in [-0.25, -0.2) is 4.79 Å². The highest BCUT2D eigenvalue weighted by molar-refractivity contribution is 5.98. The summed E-state index contributed by atoms with van der Waals surface area (Å²) in [5, 5.41) is 9.09. The predicted octanol–water partition coefficient (Wildman–Crippen LogP) is 4.38. The Morgan fingerprint density at radius 1 is 0.829 bits per heavy atom. The fourth-order valence-electron chi connectivity index (χ4n) is 3.43. The van der Waals surface area contributed by atoms with Gasteiger partial charge in [-0.2, -0.15) is 0 Å². The van der Waals surface area contributed by atoms with Crippen molar-refractivity contribution in [2.45, 2.75) is 19.1 Å². The summed E-state index contributed by atoms with van der Waals surface area (Å²) in [6, 6.07) is 26.2. The van der Waals surface area contributed by atoms with Gasteiger partial charge < -0.3 is 19.9 Å². The molecule has 8 heteroatoms. The van der Waals surface area contributed by atoms with E-state index < -0.39 is 29.9 Å². The fraction of sp³-hybridized carbons (Fsp3) is 0.111. The molecule has 0 saturated carbocycles. The van der Waals surface area contributed by atoms with Crippen LogP contribution in [0.1, 0.15) is 39.4 Å². The number of aryl methyl sites for hydroxylation is 1. The molecule has 0 aliphatic heterocycles.